The highest BCUT2D eigenvalue weighted by atomic mass is 16.5. The van der Waals surface area contributed by atoms with E-state index >= 15 is 0 Å². The first kappa shape index (κ1) is 13.4. The Morgan fingerprint density at radius 3 is 2.95 bits per heavy atom. The molecule has 0 saturated carbocycles. The fraction of sp³-hybridized carbons (Fsp3) is 0.533. The van der Waals surface area contributed by atoms with E-state index < -0.39 is 0 Å². The SMILES string of the molecule is Cc1cc(C(C)n2cncc2C2CNCCO2)c(C)o1. The van der Waals surface area contributed by atoms with Crippen LogP contribution in [-0.4, -0.2) is 29.2 Å². The molecule has 2 unspecified atom stereocenters. The molecule has 0 aromatic carbocycles. The van der Waals surface area contributed by atoms with Gasteiger partial charge in [-0.1, -0.05) is 0 Å². The first-order valence-corrected chi connectivity index (χ1v) is 7.08. The Morgan fingerprint density at radius 1 is 1.45 bits per heavy atom. The van der Waals surface area contributed by atoms with Crippen molar-refractivity contribution in [3.8, 4) is 0 Å². The van der Waals surface area contributed by atoms with Crippen molar-refractivity contribution in [3.05, 3.63) is 41.4 Å². The third-order valence-electron chi connectivity index (χ3n) is 3.90. The number of nitrogens with one attached hydrogen (secondary N) is 1. The number of aryl methyl sites for hydroxylation is 2. The third-order valence-corrected chi connectivity index (χ3v) is 3.90. The van der Waals surface area contributed by atoms with Crippen LogP contribution < -0.4 is 5.32 Å². The van der Waals surface area contributed by atoms with Gasteiger partial charge >= 0.3 is 0 Å². The zero-order valence-corrected chi connectivity index (χ0v) is 12.2. The van der Waals surface area contributed by atoms with Crippen LogP contribution in [0.15, 0.2) is 23.0 Å². The van der Waals surface area contributed by atoms with Crippen molar-refractivity contribution >= 4 is 0 Å². The van der Waals surface area contributed by atoms with Gasteiger partial charge in [-0.15, -0.1) is 0 Å². The number of morpholine rings is 1. The molecule has 1 fully saturated rings. The van der Waals surface area contributed by atoms with E-state index in [1.807, 2.05) is 26.4 Å². The van der Waals surface area contributed by atoms with Crippen molar-refractivity contribution in [1.82, 2.24) is 14.9 Å². The molecular formula is C15H21N3O2. The van der Waals surface area contributed by atoms with Gasteiger partial charge in [0, 0.05) is 18.7 Å². The molecule has 2 aromatic rings. The van der Waals surface area contributed by atoms with Crippen LogP contribution in [-0.2, 0) is 4.74 Å². The molecule has 1 aliphatic rings. The van der Waals surface area contributed by atoms with Gasteiger partial charge in [0.15, 0.2) is 0 Å². The van der Waals surface area contributed by atoms with Crippen molar-refractivity contribution in [1.29, 1.82) is 0 Å². The van der Waals surface area contributed by atoms with Gasteiger partial charge in [0.1, 0.15) is 17.6 Å². The fourth-order valence-electron chi connectivity index (χ4n) is 2.86. The highest BCUT2D eigenvalue weighted by molar-refractivity contribution is 5.25. The average molecular weight is 275 g/mol. The van der Waals surface area contributed by atoms with Gasteiger partial charge in [-0.3, -0.25) is 0 Å². The minimum Gasteiger partial charge on any atom is -0.466 e. The second-order valence-electron chi connectivity index (χ2n) is 5.33. The molecule has 2 atom stereocenters. The Bertz CT molecular complexity index is 582. The molecule has 20 heavy (non-hydrogen) atoms. The van der Waals surface area contributed by atoms with Crippen LogP contribution in [0.25, 0.3) is 0 Å². The first-order valence-electron chi connectivity index (χ1n) is 7.08. The van der Waals surface area contributed by atoms with Gasteiger partial charge in [0.25, 0.3) is 0 Å². The van der Waals surface area contributed by atoms with Crippen LogP contribution >= 0.6 is 0 Å². The lowest BCUT2D eigenvalue weighted by Crippen LogP contribution is -2.34. The molecule has 2 aromatic heterocycles. The highest BCUT2D eigenvalue weighted by Gasteiger charge is 2.23. The van der Waals surface area contributed by atoms with Gasteiger partial charge in [0.2, 0.25) is 0 Å². The molecule has 3 rings (SSSR count). The second-order valence-corrected chi connectivity index (χ2v) is 5.33. The van der Waals surface area contributed by atoms with E-state index in [-0.39, 0.29) is 12.1 Å². The highest BCUT2D eigenvalue weighted by Crippen LogP contribution is 2.28. The summed E-state index contributed by atoms with van der Waals surface area (Å²) in [4.78, 5) is 4.30. The average Bonchev–Trinajstić information content (AvgIpc) is 3.05. The van der Waals surface area contributed by atoms with Gasteiger partial charge < -0.3 is 19.0 Å². The summed E-state index contributed by atoms with van der Waals surface area (Å²) in [5.41, 5.74) is 2.31. The molecule has 0 amide bonds. The molecular weight excluding hydrogens is 254 g/mol. The van der Waals surface area contributed by atoms with Gasteiger partial charge in [-0.2, -0.15) is 0 Å². The van der Waals surface area contributed by atoms with Crippen LogP contribution in [0.4, 0.5) is 0 Å². The summed E-state index contributed by atoms with van der Waals surface area (Å²) in [6.45, 7) is 8.65. The van der Waals surface area contributed by atoms with Crippen molar-refractivity contribution in [2.75, 3.05) is 19.7 Å². The number of hydrogen-bond acceptors (Lipinski definition) is 4. The Balaban J connectivity index is 1.90. The minimum atomic E-state index is 0.0713. The standard InChI is InChI=1S/C15H21N3O2/c1-10-6-13(12(3)20-10)11(2)18-9-17-7-14(18)15-8-16-4-5-19-15/h6-7,9,11,15-16H,4-5,8H2,1-3H3. The molecule has 5 heteroatoms. The maximum atomic E-state index is 5.84. The van der Waals surface area contributed by atoms with E-state index in [9.17, 15) is 0 Å². The molecule has 1 saturated heterocycles. The summed E-state index contributed by atoms with van der Waals surface area (Å²) in [5, 5.41) is 3.36. The van der Waals surface area contributed by atoms with Crippen LogP contribution in [0.1, 0.15) is 41.8 Å². The largest absolute Gasteiger partial charge is 0.466 e. The smallest absolute Gasteiger partial charge is 0.111 e. The number of aromatic nitrogens is 2. The van der Waals surface area contributed by atoms with Crippen molar-refractivity contribution < 1.29 is 9.15 Å². The zero-order valence-electron chi connectivity index (χ0n) is 12.2. The summed E-state index contributed by atoms with van der Waals surface area (Å²) in [7, 11) is 0. The molecule has 5 nitrogen and oxygen atoms in total. The molecule has 0 spiro atoms. The van der Waals surface area contributed by atoms with Crippen LogP contribution in [0, 0.1) is 13.8 Å². The summed E-state index contributed by atoms with van der Waals surface area (Å²) in [6.07, 6.45) is 3.85. The van der Waals surface area contributed by atoms with E-state index in [1.165, 1.54) is 5.56 Å². The van der Waals surface area contributed by atoms with Crippen molar-refractivity contribution in [2.45, 2.75) is 32.9 Å². The Kier molecular flexibility index (Phi) is 3.63. The molecule has 1 aliphatic heterocycles. The van der Waals surface area contributed by atoms with Crippen LogP contribution in [0.2, 0.25) is 0 Å². The predicted molar refractivity (Wildman–Crippen MR) is 75.8 cm³/mol. The monoisotopic (exact) mass is 275 g/mol. The maximum Gasteiger partial charge on any atom is 0.111 e. The zero-order chi connectivity index (χ0) is 14.1. The number of furan rings is 1. The number of rotatable bonds is 3. The molecule has 3 heterocycles. The molecule has 0 aliphatic carbocycles. The third kappa shape index (κ3) is 2.39. The second kappa shape index (κ2) is 5.42. The number of hydrogen-bond donors (Lipinski definition) is 1. The number of ether oxygens (including phenoxy) is 1. The lowest BCUT2D eigenvalue weighted by molar-refractivity contribution is 0.0224. The number of nitrogens with zero attached hydrogens (tertiary/aromatic N) is 2. The van der Waals surface area contributed by atoms with E-state index in [2.05, 4.69) is 27.9 Å². The Hall–Kier alpha value is -1.59. The van der Waals surface area contributed by atoms with Gasteiger partial charge in [-0.25, -0.2) is 4.98 Å². The summed E-state index contributed by atoms with van der Waals surface area (Å²) >= 11 is 0. The van der Waals surface area contributed by atoms with E-state index in [0.29, 0.717) is 0 Å². The Morgan fingerprint density at radius 2 is 2.30 bits per heavy atom. The summed E-state index contributed by atoms with van der Waals surface area (Å²) in [5.74, 6) is 1.92. The van der Waals surface area contributed by atoms with E-state index in [1.54, 1.807) is 0 Å². The summed E-state index contributed by atoms with van der Waals surface area (Å²) in [6, 6.07) is 2.29. The van der Waals surface area contributed by atoms with Crippen LogP contribution in [0.3, 0.4) is 0 Å². The molecule has 0 bridgehead atoms. The van der Waals surface area contributed by atoms with Gasteiger partial charge in [0.05, 0.1) is 30.9 Å². The normalized spacial score (nSPS) is 21.1. The first-order chi connectivity index (χ1) is 9.66. The summed E-state index contributed by atoms with van der Waals surface area (Å²) < 4.78 is 13.7. The Labute approximate surface area is 118 Å². The van der Waals surface area contributed by atoms with E-state index in [0.717, 1.165) is 36.9 Å². The lowest BCUT2D eigenvalue weighted by atomic mass is 10.1. The fourth-order valence-corrected chi connectivity index (χ4v) is 2.86. The minimum absolute atomic E-state index is 0.0713. The predicted octanol–water partition coefficient (Wildman–Crippen LogP) is 2.36. The van der Waals surface area contributed by atoms with Crippen molar-refractivity contribution in [3.63, 3.8) is 0 Å². The number of imidazole rings is 1. The van der Waals surface area contributed by atoms with E-state index in [4.69, 9.17) is 9.15 Å². The topological polar surface area (TPSA) is 52.2 Å². The molecule has 0 radical (unpaired) electrons. The maximum absolute atomic E-state index is 5.84. The lowest BCUT2D eigenvalue weighted by Gasteiger charge is -2.26. The molecule has 1 N–H and O–H groups in total. The molecule has 108 valence electrons. The van der Waals surface area contributed by atoms with Gasteiger partial charge in [-0.05, 0) is 26.8 Å². The quantitative estimate of drug-likeness (QED) is 0.934. The van der Waals surface area contributed by atoms with Crippen LogP contribution in [0.5, 0.6) is 0 Å². The van der Waals surface area contributed by atoms with Crippen molar-refractivity contribution in [2.24, 2.45) is 0 Å².